The molecule has 6 nitrogen and oxygen atoms in total. The molecular weight excluding hydrogens is 378 g/mol. The van der Waals surface area contributed by atoms with E-state index >= 15 is 0 Å². The van der Waals surface area contributed by atoms with Crippen LogP contribution in [0.25, 0.3) is 10.9 Å². The van der Waals surface area contributed by atoms with Gasteiger partial charge < -0.3 is 19.5 Å². The first-order valence-electron chi connectivity index (χ1n) is 9.06. The van der Waals surface area contributed by atoms with E-state index in [0.29, 0.717) is 48.2 Å². The number of carbonyl (C=O) groups excluding carboxylic acids is 2. The molecule has 0 radical (unpaired) electrons. The summed E-state index contributed by atoms with van der Waals surface area (Å²) in [5, 5.41) is 1.54. The number of carbonyl (C=O) groups is 2. The number of fused-ring (bicyclic) bond motifs is 1. The van der Waals surface area contributed by atoms with Crippen molar-refractivity contribution in [1.29, 1.82) is 0 Å². The average molecular weight is 398 g/mol. The molecule has 1 aromatic heterocycles. The molecule has 28 heavy (non-hydrogen) atoms. The highest BCUT2D eigenvalue weighted by atomic mass is 35.5. The van der Waals surface area contributed by atoms with Gasteiger partial charge in [-0.15, -0.1) is 0 Å². The van der Waals surface area contributed by atoms with Crippen LogP contribution in [0.4, 0.5) is 0 Å². The molecule has 0 bridgehead atoms. The standard InChI is InChI=1S/C21H20ClN3O3/c1-28-17-4-2-3-14(12-17)20(26)24-7-9-25(10-8-24)21(27)19-13-15-11-16(22)5-6-18(15)23-19/h2-6,11-13,23H,7-10H2,1H3. The third-order valence-electron chi connectivity index (χ3n) is 4.98. The van der Waals surface area contributed by atoms with Crippen LogP contribution in [-0.4, -0.2) is 59.9 Å². The number of rotatable bonds is 3. The third kappa shape index (κ3) is 3.55. The molecule has 7 heteroatoms. The molecule has 2 aromatic carbocycles. The maximum atomic E-state index is 12.8. The second-order valence-electron chi connectivity index (χ2n) is 6.73. The molecule has 3 aromatic rings. The number of H-pyrrole nitrogens is 1. The molecule has 2 amide bonds. The van der Waals surface area contributed by atoms with E-state index in [0.717, 1.165) is 10.9 Å². The second-order valence-corrected chi connectivity index (χ2v) is 7.17. The monoisotopic (exact) mass is 397 g/mol. The first-order valence-corrected chi connectivity index (χ1v) is 9.44. The fourth-order valence-electron chi connectivity index (χ4n) is 3.44. The topological polar surface area (TPSA) is 65.6 Å². The number of hydrogen-bond acceptors (Lipinski definition) is 3. The minimum absolute atomic E-state index is 0.0498. The molecule has 0 saturated carbocycles. The van der Waals surface area contributed by atoms with Crippen LogP contribution in [0.2, 0.25) is 5.02 Å². The Hall–Kier alpha value is -2.99. The fourth-order valence-corrected chi connectivity index (χ4v) is 3.62. The largest absolute Gasteiger partial charge is 0.497 e. The molecule has 0 unspecified atom stereocenters. The minimum atomic E-state index is -0.0687. The first-order chi connectivity index (χ1) is 13.5. The predicted octanol–water partition coefficient (Wildman–Crippen LogP) is 3.43. The van der Waals surface area contributed by atoms with Gasteiger partial charge in [-0.05, 0) is 42.5 Å². The Labute approximate surface area is 167 Å². The number of halogens is 1. The van der Waals surface area contributed by atoms with Crippen molar-refractivity contribution >= 4 is 34.3 Å². The smallest absolute Gasteiger partial charge is 0.270 e. The van der Waals surface area contributed by atoms with Crippen LogP contribution < -0.4 is 4.74 Å². The van der Waals surface area contributed by atoms with Crippen molar-refractivity contribution in [3.8, 4) is 5.75 Å². The van der Waals surface area contributed by atoms with Crippen LogP contribution >= 0.6 is 11.6 Å². The van der Waals surface area contributed by atoms with Gasteiger partial charge in [0.15, 0.2) is 0 Å². The zero-order valence-electron chi connectivity index (χ0n) is 15.4. The van der Waals surface area contributed by atoms with E-state index in [1.54, 1.807) is 47.2 Å². The number of aromatic amines is 1. The van der Waals surface area contributed by atoms with Crippen molar-refractivity contribution in [1.82, 2.24) is 14.8 Å². The van der Waals surface area contributed by atoms with E-state index in [1.165, 1.54) is 0 Å². The van der Waals surface area contributed by atoms with Gasteiger partial charge >= 0.3 is 0 Å². The van der Waals surface area contributed by atoms with Gasteiger partial charge in [-0.2, -0.15) is 0 Å². The summed E-state index contributed by atoms with van der Waals surface area (Å²) in [6, 6.07) is 14.4. The lowest BCUT2D eigenvalue weighted by Crippen LogP contribution is -2.50. The molecule has 0 spiro atoms. The summed E-state index contributed by atoms with van der Waals surface area (Å²) < 4.78 is 5.19. The minimum Gasteiger partial charge on any atom is -0.497 e. The Morgan fingerprint density at radius 1 is 0.964 bits per heavy atom. The maximum Gasteiger partial charge on any atom is 0.270 e. The van der Waals surface area contributed by atoms with Crippen LogP contribution in [0.3, 0.4) is 0 Å². The molecular formula is C21H20ClN3O3. The molecule has 1 aliphatic rings. The van der Waals surface area contributed by atoms with Crippen LogP contribution in [0, 0.1) is 0 Å². The van der Waals surface area contributed by atoms with Gasteiger partial charge in [-0.25, -0.2) is 0 Å². The lowest BCUT2D eigenvalue weighted by Gasteiger charge is -2.34. The Morgan fingerprint density at radius 2 is 1.68 bits per heavy atom. The van der Waals surface area contributed by atoms with E-state index in [2.05, 4.69) is 4.98 Å². The van der Waals surface area contributed by atoms with Crippen molar-refractivity contribution in [2.45, 2.75) is 0 Å². The van der Waals surface area contributed by atoms with Gasteiger partial charge in [0.05, 0.1) is 7.11 Å². The maximum absolute atomic E-state index is 12.8. The zero-order valence-corrected chi connectivity index (χ0v) is 16.2. The van der Waals surface area contributed by atoms with Crippen LogP contribution in [0.5, 0.6) is 5.75 Å². The third-order valence-corrected chi connectivity index (χ3v) is 5.22. The summed E-state index contributed by atoms with van der Waals surface area (Å²) in [5.41, 5.74) is 2.00. The van der Waals surface area contributed by atoms with Crippen molar-refractivity contribution in [3.63, 3.8) is 0 Å². The summed E-state index contributed by atoms with van der Waals surface area (Å²) in [6.45, 7) is 1.97. The van der Waals surface area contributed by atoms with Crippen LogP contribution in [0.1, 0.15) is 20.8 Å². The van der Waals surface area contributed by atoms with Crippen molar-refractivity contribution in [3.05, 3.63) is 64.8 Å². The normalized spacial score (nSPS) is 14.4. The first kappa shape index (κ1) is 18.4. The number of nitrogens with zero attached hydrogens (tertiary/aromatic N) is 2. The molecule has 1 saturated heterocycles. The number of benzene rings is 2. The van der Waals surface area contributed by atoms with Gasteiger partial charge in [-0.3, -0.25) is 9.59 Å². The summed E-state index contributed by atoms with van der Waals surface area (Å²) >= 11 is 6.02. The number of piperazine rings is 1. The average Bonchev–Trinajstić information content (AvgIpc) is 3.16. The summed E-state index contributed by atoms with van der Waals surface area (Å²) in [7, 11) is 1.58. The van der Waals surface area contributed by atoms with Crippen LogP contribution in [0.15, 0.2) is 48.5 Å². The lowest BCUT2D eigenvalue weighted by molar-refractivity contribution is 0.0532. The molecule has 1 fully saturated rings. The molecule has 4 rings (SSSR count). The lowest BCUT2D eigenvalue weighted by atomic mass is 10.1. The quantitative estimate of drug-likeness (QED) is 0.736. The highest BCUT2D eigenvalue weighted by Crippen LogP contribution is 2.21. The van der Waals surface area contributed by atoms with E-state index < -0.39 is 0 Å². The summed E-state index contributed by atoms with van der Waals surface area (Å²) in [6.07, 6.45) is 0. The predicted molar refractivity (Wildman–Crippen MR) is 108 cm³/mol. The van der Waals surface area contributed by atoms with E-state index in [1.807, 2.05) is 18.2 Å². The highest BCUT2D eigenvalue weighted by Gasteiger charge is 2.26. The second kappa shape index (κ2) is 7.56. The Balaban J connectivity index is 1.42. The van der Waals surface area contributed by atoms with Gasteiger partial charge in [0.25, 0.3) is 11.8 Å². The number of ether oxygens (including phenoxy) is 1. The van der Waals surface area contributed by atoms with E-state index in [4.69, 9.17) is 16.3 Å². The SMILES string of the molecule is COc1cccc(C(=O)N2CCN(C(=O)c3cc4cc(Cl)ccc4[nH]3)CC2)c1. The Morgan fingerprint density at radius 3 is 2.39 bits per heavy atom. The van der Waals surface area contributed by atoms with Crippen molar-refractivity contribution < 1.29 is 14.3 Å². The van der Waals surface area contributed by atoms with E-state index in [9.17, 15) is 9.59 Å². The van der Waals surface area contributed by atoms with Gasteiger partial charge in [-0.1, -0.05) is 17.7 Å². The molecule has 0 atom stereocenters. The van der Waals surface area contributed by atoms with E-state index in [-0.39, 0.29) is 11.8 Å². The van der Waals surface area contributed by atoms with Gasteiger partial charge in [0.2, 0.25) is 0 Å². The van der Waals surface area contributed by atoms with Crippen molar-refractivity contribution in [2.24, 2.45) is 0 Å². The number of amides is 2. The molecule has 2 heterocycles. The summed E-state index contributed by atoms with van der Waals surface area (Å²) in [4.78, 5) is 32.2. The number of aromatic nitrogens is 1. The highest BCUT2D eigenvalue weighted by molar-refractivity contribution is 6.31. The number of methoxy groups -OCH3 is 1. The summed E-state index contributed by atoms with van der Waals surface area (Å²) in [5.74, 6) is 0.533. The molecule has 1 N–H and O–H groups in total. The van der Waals surface area contributed by atoms with Crippen molar-refractivity contribution in [2.75, 3.05) is 33.3 Å². The van der Waals surface area contributed by atoms with Gasteiger partial charge in [0.1, 0.15) is 11.4 Å². The number of hydrogen-bond donors (Lipinski definition) is 1. The zero-order chi connectivity index (χ0) is 19.7. The van der Waals surface area contributed by atoms with Gasteiger partial charge in [0, 0.05) is 47.7 Å². The van der Waals surface area contributed by atoms with Crippen LogP contribution in [-0.2, 0) is 0 Å². The fraction of sp³-hybridized carbons (Fsp3) is 0.238. The Bertz CT molecular complexity index is 1040. The number of nitrogens with one attached hydrogen (secondary N) is 1. The molecule has 144 valence electrons. The molecule has 1 aliphatic heterocycles. The Kier molecular flexibility index (Phi) is 4.96. The molecule has 0 aliphatic carbocycles.